The number of nitrogens with one attached hydrogen (secondary N) is 3. The lowest BCUT2D eigenvalue weighted by Gasteiger charge is -2.14. The summed E-state index contributed by atoms with van der Waals surface area (Å²) in [5.41, 5.74) is 1.87. The Balaban J connectivity index is 2.34. The first-order valence-corrected chi connectivity index (χ1v) is 8.22. The van der Waals surface area contributed by atoms with Crippen molar-refractivity contribution >= 4 is 21.6 Å². The number of rotatable bonds is 7. The molecule has 1 rings (SSSR count). The van der Waals surface area contributed by atoms with Crippen LogP contribution in [0.2, 0.25) is 0 Å². The molecule has 0 aliphatic carbocycles. The molecule has 0 saturated heterocycles. The van der Waals surface area contributed by atoms with Gasteiger partial charge in [0.05, 0.1) is 12.3 Å². The van der Waals surface area contributed by atoms with Crippen LogP contribution in [0.25, 0.3) is 0 Å². The molecule has 0 saturated carbocycles. The number of hydrogen-bond acceptors (Lipinski definition) is 4. The smallest absolute Gasteiger partial charge is 0.241 e. The first-order chi connectivity index (χ1) is 9.28. The highest BCUT2D eigenvalue weighted by Crippen LogP contribution is 2.08. The van der Waals surface area contributed by atoms with E-state index in [0.717, 1.165) is 17.5 Å². The van der Waals surface area contributed by atoms with Crippen LogP contribution in [-0.4, -0.2) is 39.7 Å². The first kappa shape index (κ1) is 16.6. The lowest BCUT2D eigenvalue weighted by Crippen LogP contribution is -2.41. The van der Waals surface area contributed by atoms with Crippen LogP contribution in [0.15, 0.2) is 24.3 Å². The van der Waals surface area contributed by atoms with Crippen molar-refractivity contribution in [3.05, 3.63) is 29.8 Å². The van der Waals surface area contributed by atoms with E-state index < -0.39 is 16.1 Å². The van der Waals surface area contributed by atoms with Crippen LogP contribution in [0, 0.1) is 6.92 Å². The summed E-state index contributed by atoms with van der Waals surface area (Å²) in [6, 6.07) is 7.11. The summed E-state index contributed by atoms with van der Waals surface area (Å²) in [5.74, 6) is -0.159. The van der Waals surface area contributed by atoms with Crippen LogP contribution >= 0.6 is 0 Å². The van der Waals surface area contributed by atoms with Crippen molar-refractivity contribution in [2.45, 2.75) is 19.9 Å². The third kappa shape index (κ3) is 6.65. The summed E-state index contributed by atoms with van der Waals surface area (Å²) < 4.78 is 24.1. The molecule has 0 heterocycles. The molecule has 0 radical (unpaired) electrons. The minimum Gasteiger partial charge on any atom is -0.325 e. The van der Waals surface area contributed by atoms with Crippen molar-refractivity contribution in [1.29, 1.82) is 0 Å². The Morgan fingerprint density at radius 2 is 1.80 bits per heavy atom. The van der Waals surface area contributed by atoms with Gasteiger partial charge in [-0.2, -0.15) is 0 Å². The van der Waals surface area contributed by atoms with Crippen molar-refractivity contribution in [2.75, 3.05) is 24.7 Å². The number of carbonyl (C=O) groups excluding carboxylic acids is 1. The SMILES string of the molecule is Cc1ccc(NC(=O)C(C)NCCNS(C)(=O)=O)cc1. The Hall–Kier alpha value is -1.44. The molecule has 1 amide bonds. The fourth-order valence-electron chi connectivity index (χ4n) is 1.51. The zero-order chi connectivity index (χ0) is 15.2. The quantitative estimate of drug-likeness (QED) is 0.638. The third-order valence-electron chi connectivity index (χ3n) is 2.65. The second-order valence-electron chi connectivity index (χ2n) is 4.70. The lowest BCUT2D eigenvalue weighted by atomic mass is 10.2. The molecular formula is C13H21N3O3S. The molecule has 112 valence electrons. The normalized spacial score (nSPS) is 12.9. The molecule has 0 aromatic heterocycles. The Bertz CT molecular complexity index is 540. The maximum atomic E-state index is 11.9. The van der Waals surface area contributed by atoms with Crippen molar-refractivity contribution in [2.24, 2.45) is 0 Å². The van der Waals surface area contributed by atoms with E-state index in [4.69, 9.17) is 0 Å². The standard InChI is InChI=1S/C13H21N3O3S/c1-10-4-6-12(7-5-10)16-13(17)11(2)14-8-9-15-20(3,18)19/h4-7,11,14-15H,8-9H2,1-3H3,(H,16,17). The minimum atomic E-state index is -3.19. The number of amides is 1. The van der Waals surface area contributed by atoms with Crippen LogP contribution in [-0.2, 0) is 14.8 Å². The lowest BCUT2D eigenvalue weighted by molar-refractivity contribution is -0.117. The summed E-state index contributed by atoms with van der Waals surface area (Å²) >= 11 is 0. The molecule has 20 heavy (non-hydrogen) atoms. The van der Waals surface area contributed by atoms with E-state index in [1.165, 1.54) is 0 Å². The number of sulfonamides is 1. The van der Waals surface area contributed by atoms with Crippen molar-refractivity contribution in [3.8, 4) is 0 Å². The number of anilines is 1. The number of benzene rings is 1. The first-order valence-electron chi connectivity index (χ1n) is 6.33. The Labute approximate surface area is 120 Å². The highest BCUT2D eigenvalue weighted by Gasteiger charge is 2.12. The molecule has 0 spiro atoms. The monoisotopic (exact) mass is 299 g/mol. The topological polar surface area (TPSA) is 87.3 Å². The fraction of sp³-hybridized carbons (Fsp3) is 0.462. The zero-order valence-corrected chi connectivity index (χ0v) is 12.8. The largest absolute Gasteiger partial charge is 0.325 e. The van der Waals surface area contributed by atoms with E-state index in [9.17, 15) is 13.2 Å². The number of carbonyl (C=O) groups is 1. The predicted molar refractivity (Wildman–Crippen MR) is 80.1 cm³/mol. The van der Waals surface area contributed by atoms with E-state index >= 15 is 0 Å². The van der Waals surface area contributed by atoms with E-state index in [-0.39, 0.29) is 12.5 Å². The molecule has 1 aromatic carbocycles. The summed E-state index contributed by atoms with van der Waals surface area (Å²) in [4.78, 5) is 11.9. The molecule has 1 unspecified atom stereocenters. The van der Waals surface area contributed by atoms with E-state index in [1.807, 2.05) is 31.2 Å². The van der Waals surface area contributed by atoms with Crippen LogP contribution in [0.1, 0.15) is 12.5 Å². The van der Waals surface area contributed by atoms with Gasteiger partial charge in [-0.05, 0) is 26.0 Å². The maximum absolute atomic E-state index is 11.9. The summed E-state index contributed by atoms with van der Waals surface area (Å²) in [6.45, 7) is 4.34. The Morgan fingerprint density at radius 1 is 1.20 bits per heavy atom. The number of hydrogen-bond donors (Lipinski definition) is 3. The van der Waals surface area contributed by atoms with Gasteiger partial charge < -0.3 is 10.6 Å². The average molecular weight is 299 g/mol. The molecule has 0 aliphatic heterocycles. The molecule has 1 aromatic rings. The minimum absolute atomic E-state index is 0.159. The zero-order valence-electron chi connectivity index (χ0n) is 11.9. The maximum Gasteiger partial charge on any atom is 0.241 e. The third-order valence-corrected chi connectivity index (χ3v) is 3.38. The van der Waals surface area contributed by atoms with Crippen LogP contribution < -0.4 is 15.4 Å². The molecule has 1 atom stereocenters. The Morgan fingerprint density at radius 3 is 2.35 bits per heavy atom. The van der Waals surface area contributed by atoms with E-state index in [2.05, 4.69) is 15.4 Å². The Kier molecular flexibility index (Phi) is 6.12. The highest BCUT2D eigenvalue weighted by molar-refractivity contribution is 7.88. The van der Waals surface area contributed by atoms with Crippen molar-refractivity contribution in [1.82, 2.24) is 10.0 Å². The van der Waals surface area contributed by atoms with Gasteiger partial charge >= 0.3 is 0 Å². The summed E-state index contributed by atoms with van der Waals surface area (Å²) in [6.07, 6.45) is 1.10. The second-order valence-corrected chi connectivity index (χ2v) is 6.53. The van der Waals surface area contributed by atoms with Gasteiger partial charge in [-0.15, -0.1) is 0 Å². The van der Waals surface area contributed by atoms with Crippen molar-refractivity contribution in [3.63, 3.8) is 0 Å². The number of aryl methyl sites for hydroxylation is 1. The molecule has 6 nitrogen and oxygen atoms in total. The molecule has 7 heteroatoms. The molecule has 0 fully saturated rings. The predicted octanol–water partition coefficient (Wildman–Crippen LogP) is 0.461. The molecule has 3 N–H and O–H groups in total. The van der Waals surface area contributed by atoms with Crippen LogP contribution in [0.3, 0.4) is 0 Å². The van der Waals surface area contributed by atoms with Crippen LogP contribution in [0.4, 0.5) is 5.69 Å². The second kappa shape index (κ2) is 7.37. The van der Waals surface area contributed by atoms with Gasteiger partial charge in [0.2, 0.25) is 15.9 Å². The average Bonchev–Trinajstić information content (AvgIpc) is 2.36. The molecule has 0 aliphatic rings. The van der Waals surface area contributed by atoms with Gasteiger partial charge in [-0.1, -0.05) is 17.7 Å². The van der Waals surface area contributed by atoms with E-state index in [0.29, 0.717) is 6.54 Å². The van der Waals surface area contributed by atoms with Gasteiger partial charge in [0.15, 0.2) is 0 Å². The summed E-state index contributed by atoms with van der Waals surface area (Å²) in [7, 11) is -3.19. The molecular weight excluding hydrogens is 278 g/mol. The van der Waals surface area contributed by atoms with Gasteiger partial charge in [-0.3, -0.25) is 4.79 Å². The van der Waals surface area contributed by atoms with Crippen molar-refractivity contribution < 1.29 is 13.2 Å². The fourth-order valence-corrected chi connectivity index (χ4v) is 1.98. The highest BCUT2D eigenvalue weighted by atomic mass is 32.2. The van der Waals surface area contributed by atoms with Gasteiger partial charge in [0.25, 0.3) is 0 Å². The van der Waals surface area contributed by atoms with Gasteiger partial charge in [-0.25, -0.2) is 13.1 Å². The van der Waals surface area contributed by atoms with Gasteiger partial charge in [0, 0.05) is 18.8 Å². The summed E-state index contributed by atoms with van der Waals surface area (Å²) in [5, 5.41) is 5.73. The van der Waals surface area contributed by atoms with Crippen LogP contribution in [0.5, 0.6) is 0 Å². The van der Waals surface area contributed by atoms with E-state index in [1.54, 1.807) is 6.92 Å². The molecule has 0 bridgehead atoms. The van der Waals surface area contributed by atoms with Gasteiger partial charge in [0.1, 0.15) is 0 Å².